The number of benzene rings is 1. The van der Waals surface area contributed by atoms with Gasteiger partial charge >= 0.3 is 0 Å². The number of anilines is 1. The highest BCUT2D eigenvalue weighted by atomic mass is 35.5. The summed E-state index contributed by atoms with van der Waals surface area (Å²) in [6.07, 6.45) is 9.27. The second kappa shape index (κ2) is 8.85. The fraction of sp³-hybridized carbons (Fsp3) is 0.346. The average Bonchev–Trinajstić information content (AvgIpc) is 3.40. The van der Waals surface area contributed by atoms with E-state index in [9.17, 15) is 14.4 Å². The Bertz CT molecular complexity index is 1550. The predicted molar refractivity (Wildman–Crippen MR) is 137 cm³/mol. The maximum atomic E-state index is 15.0. The molecule has 0 spiro atoms. The first kappa shape index (κ1) is 23.4. The molecular weight excluding hydrogens is 495 g/mol. The highest BCUT2D eigenvalue weighted by molar-refractivity contribution is 6.33. The van der Waals surface area contributed by atoms with E-state index in [2.05, 4.69) is 31.4 Å². The minimum atomic E-state index is -0.627. The van der Waals surface area contributed by atoms with Crippen molar-refractivity contribution in [2.45, 2.75) is 37.8 Å². The highest BCUT2D eigenvalue weighted by Crippen LogP contribution is 2.40. The summed E-state index contributed by atoms with van der Waals surface area (Å²) in [6, 6.07) is 6.85. The zero-order chi connectivity index (χ0) is 25.7. The summed E-state index contributed by atoms with van der Waals surface area (Å²) in [5.74, 6) is -0.626. The van der Waals surface area contributed by atoms with Crippen molar-refractivity contribution >= 4 is 34.2 Å². The third-order valence-electron chi connectivity index (χ3n) is 7.38. The van der Waals surface area contributed by atoms with Crippen molar-refractivity contribution in [3.63, 3.8) is 0 Å². The van der Waals surface area contributed by atoms with Gasteiger partial charge in [0, 0.05) is 42.5 Å². The van der Waals surface area contributed by atoms with Crippen LogP contribution in [0.3, 0.4) is 0 Å². The minimum absolute atomic E-state index is 0.00184. The number of nitrogens with one attached hydrogen (secondary N) is 2. The van der Waals surface area contributed by atoms with E-state index in [4.69, 9.17) is 11.6 Å². The standard InChI is InChI=1S/C26H24ClFN8O/c1-15(16-2-3-16)34-25(37)19-8-20(27)22(9-21(19)28)35-12-26(13-35,5-6-29)36-11-17(10-33-36)23-18-4-7-30-24(18)32-14-31-23/h4,7-11,14-16H,2-3,5,12-13H2,1H3,(H,34,37)(H,30,31,32)/t15-/m1/s1. The minimum Gasteiger partial charge on any atom is -0.365 e. The van der Waals surface area contributed by atoms with E-state index in [-0.39, 0.29) is 23.0 Å². The van der Waals surface area contributed by atoms with Crippen molar-refractivity contribution in [2.75, 3.05) is 18.0 Å². The third kappa shape index (κ3) is 4.09. The first-order valence-electron chi connectivity index (χ1n) is 12.1. The molecule has 9 nitrogen and oxygen atoms in total. The van der Waals surface area contributed by atoms with Crippen LogP contribution in [0.1, 0.15) is 36.5 Å². The average molecular weight is 519 g/mol. The van der Waals surface area contributed by atoms with Crippen LogP contribution in [0.2, 0.25) is 5.02 Å². The summed E-state index contributed by atoms with van der Waals surface area (Å²) in [4.78, 5) is 26.2. The summed E-state index contributed by atoms with van der Waals surface area (Å²) in [7, 11) is 0. The Hall–Kier alpha value is -3.97. The van der Waals surface area contributed by atoms with Gasteiger partial charge in [0.15, 0.2) is 0 Å². The Balaban J connectivity index is 1.23. The highest BCUT2D eigenvalue weighted by Gasteiger charge is 2.46. The number of H-pyrrole nitrogens is 1. The van der Waals surface area contributed by atoms with Gasteiger partial charge in [0.1, 0.15) is 23.3 Å². The maximum absolute atomic E-state index is 15.0. The second-order valence-electron chi connectivity index (χ2n) is 9.93. The first-order valence-corrected chi connectivity index (χ1v) is 12.5. The van der Waals surface area contributed by atoms with Crippen LogP contribution in [-0.4, -0.2) is 49.8 Å². The number of aromatic nitrogens is 5. The fourth-order valence-electron chi connectivity index (χ4n) is 5.08. The summed E-state index contributed by atoms with van der Waals surface area (Å²) in [5.41, 5.74) is 2.10. The summed E-state index contributed by atoms with van der Waals surface area (Å²) >= 11 is 6.52. The van der Waals surface area contributed by atoms with E-state index in [1.165, 1.54) is 18.5 Å². The molecule has 6 rings (SSSR count). The van der Waals surface area contributed by atoms with Crippen LogP contribution in [0, 0.1) is 23.1 Å². The zero-order valence-corrected chi connectivity index (χ0v) is 20.8. The molecule has 4 heterocycles. The van der Waals surface area contributed by atoms with E-state index in [1.807, 2.05) is 24.1 Å². The molecule has 2 fully saturated rings. The summed E-state index contributed by atoms with van der Waals surface area (Å²) in [5, 5.41) is 18.2. The van der Waals surface area contributed by atoms with E-state index < -0.39 is 17.3 Å². The lowest BCUT2D eigenvalue weighted by atomic mass is 9.86. The monoisotopic (exact) mass is 518 g/mol. The molecule has 11 heteroatoms. The zero-order valence-electron chi connectivity index (χ0n) is 20.1. The SMILES string of the molecule is C[C@@H](NC(=O)c1cc(Cl)c(N2CC(CC#N)(n3cc(-c4ncnc5[nH]ccc45)cn3)C2)cc1F)C1CC1. The largest absolute Gasteiger partial charge is 0.365 e. The Morgan fingerprint density at radius 2 is 2.19 bits per heavy atom. The number of hydrogen-bond donors (Lipinski definition) is 2. The molecule has 1 atom stereocenters. The van der Waals surface area contributed by atoms with Crippen LogP contribution >= 0.6 is 11.6 Å². The van der Waals surface area contributed by atoms with Crippen LogP contribution in [0.4, 0.5) is 10.1 Å². The third-order valence-corrected chi connectivity index (χ3v) is 7.69. The molecule has 2 aliphatic rings. The Morgan fingerprint density at radius 3 is 2.95 bits per heavy atom. The van der Waals surface area contributed by atoms with Crippen LogP contribution in [-0.2, 0) is 5.54 Å². The van der Waals surface area contributed by atoms with Gasteiger partial charge in [-0.1, -0.05) is 11.6 Å². The van der Waals surface area contributed by atoms with Crippen molar-refractivity contribution < 1.29 is 9.18 Å². The van der Waals surface area contributed by atoms with Crippen molar-refractivity contribution in [2.24, 2.45) is 5.92 Å². The Morgan fingerprint density at radius 1 is 1.38 bits per heavy atom. The van der Waals surface area contributed by atoms with E-state index >= 15 is 0 Å². The predicted octanol–water partition coefficient (Wildman–Crippen LogP) is 4.27. The number of amides is 1. The van der Waals surface area contributed by atoms with Gasteiger partial charge in [-0.25, -0.2) is 14.4 Å². The van der Waals surface area contributed by atoms with Gasteiger partial charge in [-0.05, 0) is 43.9 Å². The number of carbonyl (C=O) groups is 1. The van der Waals surface area contributed by atoms with Crippen LogP contribution in [0.5, 0.6) is 0 Å². The molecule has 1 aromatic carbocycles. The lowest BCUT2D eigenvalue weighted by molar-refractivity contribution is 0.0931. The normalized spacial score (nSPS) is 17.3. The van der Waals surface area contributed by atoms with Gasteiger partial charge in [-0.2, -0.15) is 10.4 Å². The molecule has 0 radical (unpaired) electrons. The van der Waals surface area contributed by atoms with Crippen LogP contribution < -0.4 is 10.2 Å². The lowest BCUT2D eigenvalue weighted by Crippen LogP contribution is -2.63. The smallest absolute Gasteiger partial charge is 0.254 e. The number of halogens is 2. The molecule has 188 valence electrons. The van der Waals surface area contributed by atoms with Gasteiger partial charge in [-0.3, -0.25) is 9.48 Å². The maximum Gasteiger partial charge on any atom is 0.254 e. The van der Waals surface area contributed by atoms with Gasteiger partial charge in [0.05, 0.1) is 40.7 Å². The second-order valence-corrected chi connectivity index (χ2v) is 10.3. The Labute approximate surface area is 217 Å². The number of hydrogen-bond acceptors (Lipinski definition) is 6. The number of nitrogens with zero attached hydrogens (tertiary/aromatic N) is 6. The van der Waals surface area contributed by atoms with Gasteiger partial charge < -0.3 is 15.2 Å². The molecule has 0 unspecified atom stereocenters. The van der Waals surface area contributed by atoms with E-state index in [0.717, 1.165) is 35.1 Å². The molecule has 37 heavy (non-hydrogen) atoms. The van der Waals surface area contributed by atoms with Gasteiger partial charge in [0.2, 0.25) is 0 Å². The molecule has 0 bridgehead atoms. The fourth-order valence-corrected chi connectivity index (χ4v) is 5.36. The number of fused-ring (bicyclic) bond motifs is 1. The molecule has 1 aliphatic carbocycles. The van der Waals surface area contributed by atoms with Gasteiger partial charge in [-0.15, -0.1) is 0 Å². The van der Waals surface area contributed by atoms with E-state index in [0.29, 0.717) is 24.7 Å². The van der Waals surface area contributed by atoms with Crippen molar-refractivity contribution in [3.05, 3.63) is 59.5 Å². The number of carbonyl (C=O) groups excluding carboxylic acids is 1. The molecular formula is C26H24ClFN8O. The van der Waals surface area contributed by atoms with Crippen molar-refractivity contribution in [1.82, 2.24) is 30.0 Å². The van der Waals surface area contributed by atoms with Crippen molar-refractivity contribution in [3.8, 4) is 17.3 Å². The molecule has 2 N–H and O–H groups in total. The first-order chi connectivity index (χ1) is 17.9. The summed E-state index contributed by atoms with van der Waals surface area (Å²) in [6.45, 7) is 2.76. The molecule has 1 saturated carbocycles. The lowest BCUT2D eigenvalue weighted by Gasteiger charge is -2.50. The van der Waals surface area contributed by atoms with Crippen LogP contribution in [0.25, 0.3) is 22.3 Å². The quantitative estimate of drug-likeness (QED) is 0.377. The molecule has 1 amide bonds. The van der Waals surface area contributed by atoms with Crippen LogP contribution in [0.15, 0.2) is 43.1 Å². The van der Waals surface area contributed by atoms with E-state index in [1.54, 1.807) is 17.1 Å². The van der Waals surface area contributed by atoms with Gasteiger partial charge in [0.25, 0.3) is 5.91 Å². The molecule has 4 aromatic rings. The van der Waals surface area contributed by atoms with Crippen molar-refractivity contribution in [1.29, 1.82) is 5.26 Å². The number of aromatic amines is 1. The number of rotatable bonds is 7. The topological polar surface area (TPSA) is 116 Å². The molecule has 3 aromatic heterocycles. The molecule has 1 aliphatic heterocycles. The molecule has 1 saturated heterocycles. The summed E-state index contributed by atoms with van der Waals surface area (Å²) < 4.78 is 16.8. The number of nitriles is 1. The Kier molecular flexibility index (Phi) is 5.60.